The van der Waals surface area contributed by atoms with Crippen molar-refractivity contribution in [3.05, 3.63) is 40.3 Å². The summed E-state index contributed by atoms with van der Waals surface area (Å²) >= 11 is 6.36. The number of amides is 1. The Balaban J connectivity index is 2.10. The van der Waals surface area contributed by atoms with Crippen LogP contribution in [0.5, 0.6) is 0 Å². The Kier molecular flexibility index (Phi) is 6.10. The van der Waals surface area contributed by atoms with E-state index in [1.54, 1.807) is 30.3 Å². The largest absolute Gasteiger partial charge is 0.469 e. The molecule has 8 heteroatoms. The van der Waals surface area contributed by atoms with Gasteiger partial charge in [-0.25, -0.2) is 4.79 Å². The number of carbonyl (C=O) groups excluding carboxylic acids is 3. The van der Waals surface area contributed by atoms with Crippen LogP contribution in [0.2, 0.25) is 0 Å². The number of hydrogen-bond acceptors (Lipinski definition) is 7. The summed E-state index contributed by atoms with van der Waals surface area (Å²) in [5, 5.41) is 0. The third-order valence-electron chi connectivity index (χ3n) is 3.27. The number of ether oxygens (including phenoxy) is 2. The molecule has 2 rings (SSSR count). The van der Waals surface area contributed by atoms with Crippen LogP contribution in [0.15, 0.2) is 29.2 Å². The monoisotopic (exact) mass is 365 g/mol. The highest BCUT2D eigenvalue weighted by atomic mass is 32.2. The Labute approximate surface area is 148 Å². The molecular weight excluding hydrogens is 350 g/mol. The van der Waals surface area contributed by atoms with Gasteiger partial charge in [0.2, 0.25) is 0 Å². The number of thiocarbonyl (C=S) groups is 1. The molecular formula is C16H15NO5S2. The van der Waals surface area contributed by atoms with Crippen LogP contribution >= 0.6 is 24.0 Å². The van der Waals surface area contributed by atoms with E-state index in [0.717, 1.165) is 5.56 Å². The topological polar surface area (TPSA) is 72.9 Å². The molecule has 1 fully saturated rings. The third kappa shape index (κ3) is 4.21. The first-order valence-corrected chi connectivity index (χ1v) is 8.19. The molecule has 0 saturated carbocycles. The van der Waals surface area contributed by atoms with E-state index in [4.69, 9.17) is 12.2 Å². The van der Waals surface area contributed by atoms with Crippen molar-refractivity contribution in [3.63, 3.8) is 0 Å². The van der Waals surface area contributed by atoms with E-state index in [1.807, 2.05) is 0 Å². The van der Waals surface area contributed by atoms with Gasteiger partial charge in [0.05, 0.1) is 31.1 Å². The SMILES string of the molecule is COC(=O)CCN1C(=O)/C(=C/c2ccc(C(=O)OC)cc2)SC1=S. The van der Waals surface area contributed by atoms with Gasteiger partial charge < -0.3 is 9.47 Å². The molecule has 1 amide bonds. The van der Waals surface area contributed by atoms with E-state index in [9.17, 15) is 14.4 Å². The molecule has 1 heterocycles. The lowest BCUT2D eigenvalue weighted by Gasteiger charge is -2.12. The minimum absolute atomic E-state index is 0.0873. The van der Waals surface area contributed by atoms with Gasteiger partial charge in [0, 0.05) is 6.54 Å². The molecule has 0 unspecified atom stereocenters. The quantitative estimate of drug-likeness (QED) is 0.450. The first kappa shape index (κ1) is 18.2. The average Bonchev–Trinajstić information content (AvgIpc) is 2.86. The Hall–Kier alpha value is -2.19. The Morgan fingerprint density at radius 2 is 1.88 bits per heavy atom. The number of nitrogens with zero attached hydrogens (tertiary/aromatic N) is 1. The number of methoxy groups -OCH3 is 2. The van der Waals surface area contributed by atoms with Crippen LogP contribution < -0.4 is 0 Å². The summed E-state index contributed by atoms with van der Waals surface area (Å²) in [5.41, 5.74) is 1.19. The summed E-state index contributed by atoms with van der Waals surface area (Å²) in [6, 6.07) is 6.67. The second kappa shape index (κ2) is 8.07. The lowest BCUT2D eigenvalue weighted by Crippen LogP contribution is -2.30. The van der Waals surface area contributed by atoms with Crippen molar-refractivity contribution >= 4 is 52.2 Å². The third-order valence-corrected chi connectivity index (χ3v) is 4.65. The molecule has 24 heavy (non-hydrogen) atoms. The fraction of sp³-hybridized carbons (Fsp3) is 0.250. The van der Waals surface area contributed by atoms with Crippen LogP contribution in [0.1, 0.15) is 22.3 Å². The van der Waals surface area contributed by atoms with E-state index >= 15 is 0 Å². The molecule has 1 aromatic rings. The minimum Gasteiger partial charge on any atom is -0.469 e. The first-order valence-electron chi connectivity index (χ1n) is 6.97. The molecule has 0 spiro atoms. The molecule has 0 radical (unpaired) electrons. The average molecular weight is 365 g/mol. The summed E-state index contributed by atoms with van der Waals surface area (Å²) in [5.74, 6) is -1.06. The number of hydrogen-bond donors (Lipinski definition) is 0. The molecule has 0 N–H and O–H groups in total. The Morgan fingerprint density at radius 1 is 1.21 bits per heavy atom. The second-order valence-electron chi connectivity index (χ2n) is 4.77. The maximum atomic E-state index is 12.4. The summed E-state index contributed by atoms with van der Waals surface area (Å²) in [7, 11) is 2.61. The fourth-order valence-electron chi connectivity index (χ4n) is 1.98. The van der Waals surface area contributed by atoms with Crippen LogP contribution in [0.25, 0.3) is 6.08 Å². The summed E-state index contributed by atoms with van der Waals surface area (Å²) < 4.78 is 9.60. The molecule has 1 aromatic carbocycles. The van der Waals surface area contributed by atoms with Crippen LogP contribution in [0.4, 0.5) is 0 Å². The summed E-state index contributed by atoms with van der Waals surface area (Å²) in [6.07, 6.45) is 1.78. The molecule has 126 valence electrons. The number of carbonyl (C=O) groups is 3. The van der Waals surface area contributed by atoms with Gasteiger partial charge in [-0.1, -0.05) is 36.1 Å². The van der Waals surface area contributed by atoms with Crippen LogP contribution in [0, 0.1) is 0 Å². The van der Waals surface area contributed by atoms with Gasteiger partial charge in [-0.05, 0) is 23.8 Å². The number of esters is 2. The van der Waals surface area contributed by atoms with Gasteiger partial charge in [0.15, 0.2) is 0 Å². The predicted octanol–water partition coefficient (Wildman–Crippen LogP) is 2.24. The molecule has 6 nitrogen and oxygen atoms in total. The number of benzene rings is 1. The molecule has 0 atom stereocenters. The van der Waals surface area contributed by atoms with Crippen molar-refractivity contribution in [1.29, 1.82) is 0 Å². The van der Waals surface area contributed by atoms with Gasteiger partial charge in [0.25, 0.3) is 5.91 Å². The maximum absolute atomic E-state index is 12.4. The molecule has 0 aliphatic carbocycles. The van der Waals surface area contributed by atoms with E-state index in [-0.39, 0.29) is 18.9 Å². The molecule has 1 aliphatic rings. The van der Waals surface area contributed by atoms with Crippen molar-refractivity contribution in [3.8, 4) is 0 Å². The zero-order chi connectivity index (χ0) is 17.7. The van der Waals surface area contributed by atoms with Crippen molar-refractivity contribution in [2.24, 2.45) is 0 Å². The van der Waals surface area contributed by atoms with Crippen LogP contribution in [-0.4, -0.2) is 47.8 Å². The van der Waals surface area contributed by atoms with Crippen LogP contribution in [-0.2, 0) is 19.1 Å². The van der Waals surface area contributed by atoms with Crippen molar-refractivity contribution in [2.45, 2.75) is 6.42 Å². The van der Waals surface area contributed by atoms with Crippen molar-refractivity contribution in [2.75, 3.05) is 20.8 Å². The predicted molar refractivity (Wildman–Crippen MR) is 94.3 cm³/mol. The lowest BCUT2D eigenvalue weighted by atomic mass is 10.1. The van der Waals surface area contributed by atoms with Gasteiger partial charge in [-0.2, -0.15) is 0 Å². The van der Waals surface area contributed by atoms with Gasteiger partial charge in [-0.3, -0.25) is 14.5 Å². The van der Waals surface area contributed by atoms with E-state index in [0.29, 0.717) is 14.8 Å². The second-order valence-corrected chi connectivity index (χ2v) is 6.45. The van der Waals surface area contributed by atoms with Crippen molar-refractivity contribution in [1.82, 2.24) is 4.90 Å². The van der Waals surface area contributed by atoms with E-state index in [2.05, 4.69) is 9.47 Å². The summed E-state index contributed by atoms with van der Waals surface area (Å²) in [4.78, 5) is 36.8. The standard InChI is InChI=1S/C16H15NO5S2/c1-21-13(18)7-8-17-14(19)12(24-16(17)23)9-10-3-5-11(6-4-10)15(20)22-2/h3-6,9H,7-8H2,1-2H3/b12-9-. The van der Waals surface area contributed by atoms with E-state index < -0.39 is 11.9 Å². The van der Waals surface area contributed by atoms with Gasteiger partial charge >= 0.3 is 11.9 Å². The zero-order valence-electron chi connectivity index (χ0n) is 13.1. The molecule has 0 bridgehead atoms. The normalized spacial score (nSPS) is 15.8. The van der Waals surface area contributed by atoms with Crippen LogP contribution in [0.3, 0.4) is 0 Å². The van der Waals surface area contributed by atoms with Crippen molar-refractivity contribution < 1.29 is 23.9 Å². The van der Waals surface area contributed by atoms with Gasteiger partial charge in [-0.15, -0.1) is 0 Å². The minimum atomic E-state index is -0.421. The Morgan fingerprint density at radius 3 is 2.46 bits per heavy atom. The highest BCUT2D eigenvalue weighted by Crippen LogP contribution is 2.32. The molecule has 1 saturated heterocycles. The lowest BCUT2D eigenvalue weighted by molar-refractivity contribution is -0.140. The van der Waals surface area contributed by atoms with Gasteiger partial charge in [0.1, 0.15) is 4.32 Å². The highest BCUT2D eigenvalue weighted by molar-refractivity contribution is 8.26. The van der Waals surface area contributed by atoms with E-state index in [1.165, 1.54) is 30.9 Å². The maximum Gasteiger partial charge on any atom is 0.337 e. The number of thioether (sulfide) groups is 1. The first-order chi connectivity index (χ1) is 11.5. The molecule has 1 aliphatic heterocycles. The fourth-order valence-corrected chi connectivity index (χ4v) is 3.29. The smallest absolute Gasteiger partial charge is 0.337 e. The highest BCUT2D eigenvalue weighted by Gasteiger charge is 2.32. The summed E-state index contributed by atoms with van der Waals surface area (Å²) in [6.45, 7) is 0.190. The molecule has 0 aromatic heterocycles. The Bertz CT molecular complexity index is 712. The zero-order valence-corrected chi connectivity index (χ0v) is 14.7. The number of rotatable bonds is 5.